The van der Waals surface area contributed by atoms with Gasteiger partial charge in [0, 0.05) is 9.35 Å². The van der Waals surface area contributed by atoms with Gasteiger partial charge in [-0.15, -0.1) is 11.3 Å². The molecule has 5 heteroatoms. The predicted octanol–water partition coefficient (Wildman–Crippen LogP) is 3.24. The number of thiophene rings is 1. The fourth-order valence-corrected chi connectivity index (χ4v) is 3.04. The molecule has 1 amide bonds. The van der Waals surface area contributed by atoms with Crippen LogP contribution in [-0.4, -0.2) is 11.7 Å². The summed E-state index contributed by atoms with van der Waals surface area (Å²) in [6.07, 6.45) is 0. The normalized spacial score (nSPS) is 14.2. The topological polar surface area (TPSA) is 37.4 Å². The second-order valence-corrected chi connectivity index (χ2v) is 5.91. The molecule has 2 aromatic rings. The van der Waals surface area contributed by atoms with Crippen molar-refractivity contribution in [3.63, 3.8) is 0 Å². The molecule has 1 aromatic heterocycles. The van der Waals surface area contributed by atoms with Crippen LogP contribution in [0.4, 0.5) is 5.69 Å². The summed E-state index contributed by atoms with van der Waals surface area (Å²) in [6, 6.07) is 9.23. The maximum Gasteiger partial charge on any atom is 0.299 e. The molecule has 1 aliphatic heterocycles. The maximum atomic E-state index is 12.0. The van der Waals surface area contributed by atoms with Crippen LogP contribution in [0.3, 0.4) is 0 Å². The van der Waals surface area contributed by atoms with Gasteiger partial charge < -0.3 is 0 Å². The summed E-state index contributed by atoms with van der Waals surface area (Å²) in [5.41, 5.74) is 1.17. The maximum absolute atomic E-state index is 12.0. The summed E-state index contributed by atoms with van der Waals surface area (Å²) < 4.78 is 0.806. The Bertz CT molecular complexity index is 636. The summed E-state index contributed by atoms with van der Waals surface area (Å²) in [4.78, 5) is 26.4. The van der Waals surface area contributed by atoms with Gasteiger partial charge >= 0.3 is 0 Å². The summed E-state index contributed by atoms with van der Waals surface area (Å²) in [5.74, 6) is -0.876. The molecule has 1 aromatic carbocycles. The third-order valence-electron chi connectivity index (χ3n) is 2.83. The molecule has 0 aliphatic carbocycles. The van der Waals surface area contributed by atoms with E-state index in [0.717, 1.165) is 9.35 Å². The highest BCUT2D eigenvalue weighted by atomic mass is 79.9. The first-order chi connectivity index (χ1) is 8.66. The van der Waals surface area contributed by atoms with Gasteiger partial charge in [0.2, 0.25) is 0 Å². The molecule has 1 aliphatic rings. The van der Waals surface area contributed by atoms with Gasteiger partial charge in [0.15, 0.2) is 0 Å². The van der Waals surface area contributed by atoms with Gasteiger partial charge in [-0.2, -0.15) is 0 Å². The molecule has 0 fully saturated rings. The van der Waals surface area contributed by atoms with Gasteiger partial charge in [-0.05, 0) is 29.6 Å². The molecule has 3 rings (SSSR count). The zero-order valence-corrected chi connectivity index (χ0v) is 11.6. The van der Waals surface area contributed by atoms with E-state index in [4.69, 9.17) is 0 Å². The van der Waals surface area contributed by atoms with Crippen molar-refractivity contribution < 1.29 is 9.59 Å². The Balaban J connectivity index is 2.02. The molecule has 0 saturated heterocycles. The number of ketones is 1. The van der Waals surface area contributed by atoms with Crippen LogP contribution in [0.2, 0.25) is 0 Å². The Hall–Kier alpha value is -1.46. The van der Waals surface area contributed by atoms with Crippen molar-refractivity contribution in [2.45, 2.75) is 6.54 Å². The third kappa shape index (κ3) is 1.79. The summed E-state index contributed by atoms with van der Waals surface area (Å²) in [6.45, 7) is 0.455. The Morgan fingerprint density at radius 3 is 2.78 bits per heavy atom. The number of nitrogens with zero attached hydrogens (tertiary/aromatic N) is 1. The van der Waals surface area contributed by atoms with E-state index in [1.165, 1.54) is 4.90 Å². The molecule has 0 radical (unpaired) electrons. The minimum absolute atomic E-state index is 0.428. The first-order valence-corrected chi connectivity index (χ1v) is 7.02. The van der Waals surface area contributed by atoms with Crippen molar-refractivity contribution >= 4 is 44.6 Å². The zero-order chi connectivity index (χ0) is 12.7. The highest BCUT2D eigenvalue weighted by Crippen LogP contribution is 2.32. The molecular weight excluding hydrogens is 314 g/mol. The number of hydrogen-bond donors (Lipinski definition) is 0. The highest BCUT2D eigenvalue weighted by Gasteiger charge is 2.35. The van der Waals surface area contributed by atoms with Crippen molar-refractivity contribution in [1.82, 2.24) is 0 Å². The van der Waals surface area contributed by atoms with E-state index >= 15 is 0 Å². The van der Waals surface area contributed by atoms with Crippen LogP contribution in [0.1, 0.15) is 15.2 Å². The minimum atomic E-state index is -0.448. The van der Waals surface area contributed by atoms with Gasteiger partial charge in [-0.3, -0.25) is 14.5 Å². The van der Waals surface area contributed by atoms with Crippen LogP contribution < -0.4 is 4.90 Å². The SMILES string of the molecule is O=C1C(=O)N(Cc2cccs2)c2ccc(Br)cc21. The Labute approximate surface area is 116 Å². The number of carbonyl (C=O) groups excluding carboxylic acids is 2. The van der Waals surface area contributed by atoms with E-state index in [0.29, 0.717) is 17.8 Å². The molecule has 2 heterocycles. The van der Waals surface area contributed by atoms with Crippen LogP contribution in [0, 0.1) is 0 Å². The minimum Gasteiger partial charge on any atom is -0.300 e. The van der Waals surface area contributed by atoms with Crippen LogP contribution in [0.15, 0.2) is 40.2 Å². The lowest BCUT2D eigenvalue weighted by molar-refractivity contribution is -0.114. The van der Waals surface area contributed by atoms with E-state index in [1.807, 2.05) is 23.6 Å². The van der Waals surface area contributed by atoms with Crippen molar-refractivity contribution in [1.29, 1.82) is 0 Å². The number of amides is 1. The van der Waals surface area contributed by atoms with E-state index in [2.05, 4.69) is 15.9 Å². The van der Waals surface area contributed by atoms with Crippen molar-refractivity contribution in [2.75, 3.05) is 4.90 Å². The van der Waals surface area contributed by atoms with Crippen LogP contribution in [0.25, 0.3) is 0 Å². The average Bonchev–Trinajstić information content (AvgIpc) is 2.94. The second kappa shape index (κ2) is 4.33. The van der Waals surface area contributed by atoms with Gasteiger partial charge in [0.05, 0.1) is 17.8 Å². The van der Waals surface area contributed by atoms with Gasteiger partial charge in [0.1, 0.15) is 0 Å². The number of hydrogen-bond acceptors (Lipinski definition) is 3. The summed E-state index contributed by atoms with van der Waals surface area (Å²) in [7, 11) is 0. The Morgan fingerprint density at radius 1 is 1.22 bits per heavy atom. The van der Waals surface area contributed by atoms with Gasteiger partial charge in [-0.25, -0.2) is 0 Å². The standard InChI is InChI=1S/C13H8BrNO2S/c14-8-3-4-11-10(6-8)12(16)13(17)15(11)7-9-2-1-5-18-9/h1-6H,7H2. The molecule has 18 heavy (non-hydrogen) atoms. The number of Topliss-reactive ketones (excluding diaryl/α,β-unsaturated/α-hetero) is 1. The summed E-state index contributed by atoms with van der Waals surface area (Å²) in [5, 5.41) is 1.96. The molecule has 0 saturated carbocycles. The third-order valence-corrected chi connectivity index (χ3v) is 4.18. The molecular formula is C13H8BrNO2S. The van der Waals surface area contributed by atoms with Gasteiger partial charge in [-0.1, -0.05) is 22.0 Å². The second-order valence-electron chi connectivity index (χ2n) is 3.96. The molecule has 0 bridgehead atoms. The van der Waals surface area contributed by atoms with E-state index in [9.17, 15) is 9.59 Å². The highest BCUT2D eigenvalue weighted by molar-refractivity contribution is 9.10. The number of benzene rings is 1. The molecule has 90 valence electrons. The Morgan fingerprint density at radius 2 is 2.06 bits per heavy atom. The molecule has 0 N–H and O–H groups in total. The van der Waals surface area contributed by atoms with Crippen LogP contribution >= 0.6 is 27.3 Å². The van der Waals surface area contributed by atoms with E-state index in [-0.39, 0.29) is 0 Å². The lowest BCUT2D eigenvalue weighted by Crippen LogP contribution is -2.28. The lowest BCUT2D eigenvalue weighted by Gasteiger charge is -2.15. The number of fused-ring (bicyclic) bond motifs is 1. The van der Waals surface area contributed by atoms with E-state index < -0.39 is 11.7 Å². The molecule has 3 nitrogen and oxygen atoms in total. The smallest absolute Gasteiger partial charge is 0.299 e. The predicted molar refractivity (Wildman–Crippen MR) is 74.0 cm³/mol. The molecule has 0 atom stereocenters. The van der Waals surface area contributed by atoms with E-state index in [1.54, 1.807) is 23.5 Å². The molecule has 0 unspecified atom stereocenters. The quantitative estimate of drug-likeness (QED) is 0.796. The first kappa shape index (κ1) is 11.6. The fourth-order valence-electron chi connectivity index (χ4n) is 1.99. The van der Waals surface area contributed by atoms with Crippen LogP contribution in [0.5, 0.6) is 0 Å². The van der Waals surface area contributed by atoms with Crippen molar-refractivity contribution in [3.05, 3.63) is 50.6 Å². The number of rotatable bonds is 2. The van der Waals surface area contributed by atoms with Crippen molar-refractivity contribution in [2.24, 2.45) is 0 Å². The number of anilines is 1. The summed E-state index contributed by atoms with van der Waals surface area (Å²) >= 11 is 4.89. The lowest BCUT2D eigenvalue weighted by atomic mass is 10.1. The van der Waals surface area contributed by atoms with Gasteiger partial charge in [0.25, 0.3) is 11.7 Å². The average molecular weight is 322 g/mol. The van der Waals surface area contributed by atoms with Crippen LogP contribution in [-0.2, 0) is 11.3 Å². The number of halogens is 1. The zero-order valence-electron chi connectivity index (χ0n) is 9.22. The first-order valence-electron chi connectivity index (χ1n) is 5.35. The number of carbonyl (C=O) groups is 2. The Kier molecular flexibility index (Phi) is 2.80. The monoisotopic (exact) mass is 321 g/mol. The largest absolute Gasteiger partial charge is 0.300 e. The fraction of sp³-hybridized carbons (Fsp3) is 0.0769. The van der Waals surface area contributed by atoms with Crippen molar-refractivity contribution in [3.8, 4) is 0 Å². The molecule has 0 spiro atoms.